The maximum Gasteiger partial charge on any atom is 0.227 e. The SMILES string of the molecule is O=C([C@@H]1CCCN(Cc2nnsc2Cl)C1)N1CCOCC1. The molecule has 1 amide bonds. The van der Waals surface area contributed by atoms with E-state index in [0.29, 0.717) is 24.1 Å². The zero-order valence-corrected chi connectivity index (χ0v) is 13.4. The van der Waals surface area contributed by atoms with Gasteiger partial charge in [-0.1, -0.05) is 16.1 Å². The number of hydrogen-bond acceptors (Lipinski definition) is 6. The number of carbonyl (C=O) groups excluding carboxylic acids is 1. The Balaban J connectivity index is 1.57. The normalized spacial score (nSPS) is 24.2. The van der Waals surface area contributed by atoms with E-state index in [1.165, 1.54) is 11.5 Å². The quantitative estimate of drug-likeness (QED) is 0.835. The van der Waals surface area contributed by atoms with Crippen LogP contribution in [0, 0.1) is 5.92 Å². The Morgan fingerprint density at radius 1 is 1.38 bits per heavy atom. The van der Waals surface area contributed by atoms with Gasteiger partial charge < -0.3 is 9.64 Å². The van der Waals surface area contributed by atoms with Gasteiger partial charge in [-0.05, 0) is 19.4 Å². The molecule has 116 valence electrons. The number of amides is 1. The highest BCUT2D eigenvalue weighted by Gasteiger charge is 2.30. The molecule has 1 aromatic heterocycles. The van der Waals surface area contributed by atoms with Crippen molar-refractivity contribution in [2.45, 2.75) is 19.4 Å². The molecule has 1 aromatic rings. The Morgan fingerprint density at radius 2 is 2.19 bits per heavy atom. The standard InChI is InChI=1S/C13H19ClN4O2S/c14-12-11(15-16-21-12)9-17-3-1-2-10(8-17)13(19)18-4-6-20-7-5-18/h10H,1-9H2/t10-/m1/s1. The molecule has 8 heteroatoms. The lowest BCUT2D eigenvalue weighted by Crippen LogP contribution is -2.48. The Morgan fingerprint density at radius 3 is 2.90 bits per heavy atom. The van der Waals surface area contributed by atoms with Gasteiger partial charge in [-0.25, -0.2) is 0 Å². The van der Waals surface area contributed by atoms with Crippen LogP contribution in [0.5, 0.6) is 0 Å². The summed E-state index contributed by atoms with van der Waals surface area (Å²) in [6.45, 7) is 5.20. The zero-order chi connectivity index (χ0) is 14.7. The number of aromatic nitrogens is 2. The minimum atomic E-state index is 0.0854. The van der Waals surface area contributed by atoms with Crippen LogP contribution < -0.4 is 0 Å². The number of rotatable bonds is 3. The van der Waals surface area contributed by atoms with E-state index in [1.54, 1.807) is 0 Å². The fourth-order valence-electron chi connectivity index (χ4n) is 2.95. The van der Waals surface area contributed by atoms with E-state index in [9.17, 15) is 4.79 Å². The fourth-order valence-corrected chi connectivity index (χ4v) is 3.56. The Labute approximate surface area is 133 Å². The molecule has 0 aliphatic carbocycles. The monoisotopic (exact) mass is 330 g/mol. The molecule has 0 bridgehead atoms. The Kier molecular flexibility index (Phi) is 5.05. The average Bonchev–Trinajstić information content (AvgIpc) is 2.93. The predicted molar refractivity (Wildman–Crippen MR) is 80.3 cm³/mol. The minimum Gasteiger partial charge on any atom is -0.378 e. The second-order valence-electron chi connectivity index (χ2n) is 5.51. The first-order valence-electron chi connectivity index (χ1n) is 7.29. The van der Waals surface area contributed by atoms with Crippen molar-refractivity contribution >= 4 is 29.0 Å². The van der Waals surface area contributed by atoms with E-state index < -0.39 is 0 Å². The third kappa shape index (κ3) is 3.71. The molecule has 6 nitrogen and oxygen atoms in total. The summed E-state index contributed by atoms with van der Waals surface area (Å²) in [4.78, 5) is 16.8. The molecule has 3 rings (SSSR count). The first-order chi connectivity index (χ1) is 10.2. The number of halogens is 1. The molecule has 0 spiro atoms. The highest BCUT2D eigenvalue weighted by molar-refractivity contribution is 7.10. The molecule has 3 heterocycles. The third-order valence-electron chi connectivity index (χ3n) is 4.06. The molecule has 0 unspecified atom stereocenters. The van der Waals surface area contributed by atoms with E-state index in [4.69, 9.17) is 16.3 Å². The lowest BCUT2D eigenvalue weighted by molar-refractivity contribution is -0.141. The largest absolute Gasteiger partial charge is 0.378 e. The van der Waals surface area contributed by atoms with Gasteiger partial charge in [0.05, 0.1) is 19.1 Å². The maximum absolute atomic E-state index is 12.6. The van der Waals surface area contributed by atoms with Crippen molar-refractivity contribution < 1.29 is 9.53 Å². The first-order valence-corrected chi connectivity index (χ1v) is 8.45. The summed E-state index contributed by atoms with van der Waals surface area (Å²) in [7, 11) is 0. The van der Waals surface area contributed by atoms with Crippen molar-refractivity contribution in [3.8, 4) is 0 Å². The van der Waals surface area contributed by atoms with E-state index in [0.717, 1.165) is 44.7 Å². The lowest BCUT2D eigenvalue weighted by atomic mass is 9.96. The maximum atomic E-state index is 12.6. The topological polar surface area (TPSA) is 58.6 Å². The second kappa shape index (κ2) is 7.00. The molecular formula is C13H19ClN4O2S. The molecule has 2 aliphatic rings. The summed E-state index contributed by atoms with van der Waals surface area (Å²) in [5, 5.41) is 4.05. The predicted octanol–water partition coefficient (Wildman–Crippen LogP) is 1.26. The van der Waals surface area contributed by atoms with Gasteiger partial charge >= 0.3 is 0 Å². The van der Waals surface area contributed by atoms with Crippen LogP contribution in [0.25, 0.3) is 0 Å². The van der Waals surface area contributed by atoms with Crippen molar-refractivity contribution in [2.75, 3.05) is 39.4 Å². The number of morpholine rings is 1. The summed E-state index contributed by atoms with van der Waals surface area (Å²) in [5.41, 5.74) is 0.820. The Hall–Kier alpha value is -0.760. The van der Waals surface area contributed by atoms with Gasteiger partial charge in [0, 0.05) is 37.7 Å². The summed E-state index contributed by atoms with van der Waals surface area (Å²) in [6, 6.07) is 0. The molecule has 0 saturated carbocycles. The van der Waals surface area contributed by atoms with Crippen LogP contribution >= 0.6 is 23.1 Å². The lowest BCUT2D eigenvalue weighted by Gasteiger charge is -2.35. The van der Waals surface area contributed by atoms with Crippen LogP contribution in [0.4, 0.5) is 0 Å². The second-order valence-corrected chi connectivity index (χ2v) is 6.86. The van der Waals surface area contributed by atoms with Crippen LogP contribution in [0.2, 0.25) is 4.34 Å². The summed E-state index contributed by atoms with van der Waals surface area (Å²) in [5.74, 6) is 0.354. The van der Waals surface area contributed by atoms with Crippen molar-refractivity contribution in [3.63, 3.8) is 0 Å². The van der Waals surface area contributed by atoms with E-state index in [2.05, 4.69) is 14.5 Å². The van der Waals surface area contributed by atoms with Crippen molar-refractivity contribution in [3.05, 3.63) is 10.0 Å². The molecule has 0 radical (unpaired) electrons. The molecule has 2 fully saturated rings. The minimum absolute atomic E-state index is 0.0854. The summed E-state index contributed by atoms with van der Waals surface area (Å²) in [6.07, 6.45) is 2.01. The van der Waals surface area contributed by atoms with Gasteiger partial charge in [-0.2, -0.15) is 0 Å². The molecule has 0 aromatic carbocycles. The van der Waals surface area contributed by atoms with Crippen LogP contribution in [-0.4, -0.2) is 64.7 Å². The van der Waals surface area contributed by atoms with Crippen LogP contribution in [0.3, 0.4) is 0 Å². The van der Waals surface area contributed by atoms with Gasteiger partial charge in [-0.3, -0.25) is 9.69 Å². The first kappa shape index (κ1) is 15.1. The molecule has 0 N–H and O–H groups in total. The number of ether oxygens (including phenoxy) is 1. The van der Waals surface area contributed by atoms with E-state index in [-0.39, 0.29) is 11.8 Å². The highest BCUT2D eigenvalue weighted by atomic mass is 35.5. The highest BCUT2D eigenvalue weighted by Crippen LogP contribution is 2.24. The third-order valence-corrected chi connectivity index (χ3v) is 5.04. The van der Waals surface area contributed by atoms with Gasteiger partial charge in [0.25, 0.3) is 0 Å². The van der Waals surface area contributed by atoms with Gasteiger partial charge in [0.15, 0.2) is 0 Å². The van der Waals surface area contributed by atoms with Crippen molar-refractivity contribution in [1.29, 1.82) is 0 Å². The van der Waals surface area contributed by atoms with E-state index in [1.807, 2.05) is 4.90 Å². The van der Waals surface area contributed by atoms with E-state index >= 15 is 0 Å². The summed E-state index contributed by atoms with van der Waals surface area (Å²) < 4.78 is 9.82. The molecular weight excluding hydrogens is 312 g/mol. The molecule has 21 heavy (non-hydrogen) atoms. The van der Waals surface area contributed by atoms with Crippen molar-refractivity contribution in [2.24, 2.45) is 5.92 Å². The number of carbonyl (C=O) groups is 1. The fraction of sp³-hybridized carbons (Fsp3) is 0.769. The number of hydrogen-bond donors (Lipinski definition) is 0. The summed E-state index contributed by atoms with van der Waals surface area (Å²) >= 11 is 7.27. The zero-order valence-electron chi connectivity index (χ0n) is 11.8. The van der Waals surface area contributed by atoms with Crippen molar-refractivity contribution in [1.82, 2.24) is 19.4 Å². The van der Waals surface area contributed by atoms with Crippen LogP contribution in [-0.2, 0) is 16.1 Å². The van der Waals surface area contributed by atoms with Crippen LogP contribution in [0.15, 0.2) is 0 Å². The number of likely N-dealkylation sites (tertiary alicyclic amines) is 1. The van der Waals surface area contributed by atoms with Gasteiger partial charge in [0.1, 0.15) is 10.0 Å². The van der Waals surface area contributed by atoms with Crippen LogP contribution in [0.1, 0.15) is 18.5 Å². The van der Waals surface area contributed by atoms with Gasteiger partial charge in [0.2, 0.25) is 5.91 Å². The molecule has 2 aliphatic heterocycles. The smallest absolute Gasteiger partial charge is 0.227 e. The number of nitrogens with zero attached hydrogens (tertiary/aromatic N) is 4. The van der Waals surface area contributed by atoms with Gasteiger partial charge in [-0.15, -0.1) is 5.10 Å². The Bertz CT molecular complexity index is 492. The molecule has 2 saturated heterocycles. The molecule has 1 atom stereocenters. The number of piperidine rings is 1. The average molecular weight is 331 g/mol.